The third-order valence-corrected chi connectivity index (χ3v) is 7.06. The number of methoxy groups -OCH3 is 1. The number of carbonyl (C=O) groups excluding carboxylic acids is 1. The summed E-state index contributed by atoms with van der Waals surface area (Å²) in [6.07, 6.45) is 5.77. The number of carbonyl (C=O) groups is 1. The second-order valence-electron chi connectivity index (χ2n) is 9.50. The number of amides is 1. The summed E-state index contributed by atoms with van der Waals surface area (Å²) in [6, 6.07) is 7.83. The van der Waals surface area contributed by atoms with Gasteiger partial charge in [0.05, 0.1) is 24.4 Å². The Morgan fingerprint density at radius 2 is 1.85 bits per heavy atom. The lowest BCUT2D eigenvalue weighted by Crippen LogP contribution is -2.66. The van der Waals surface area contributed by atoms with Crippen LogP contribution in [0.15, 0.2) is 41.0 Å². The van der Waals surface area contributed by atoms with Crippen LogP contribution in [0.1, 0.15) is 41.5 Å². The smallest absolute Gasteiger partial charge is 0.256 e. The number of fused-ring (bicyclic) bond motifs is 1. The summed E-state index contributed by atoms with van der Waals surface area (Å²) in [6.45, 7) is 9.29. The van der Waals surface area contributed by atoms with E-state index in [4.69, 9.17) is 4.74 Å². The molecule has 3 aliphatic heterocycles. The molecule has 4 heterocycles. The maximum atomic E-state index is 13.8. The minimum atomic E-state index is 0.0301. The lowest BCUT2D eigenvalue weighted by molar-refractivity contribution is 0.00770. The zero-order chi connectivity index (χ0) is 23.8. The first-order valence-electron chi connectivity index (χ1n) is 12.0. The molecule has 3 aliphatic rings. The molecule has 0 N–H and O–H groups in total. The molecule has 2 atom stereocenters. The number of hydrogen-bond acceptors (Lipinski definition) is 7. The van der Waals surface area contributed by atoms with Gasteiger partial charge < -0.3 is 14.5 Å². The average molecular weight is 461 g/mol. The number of anilines is 2. The quantitative estimate of drug-likeness (QED) is 0.694. The fourth-order valence-corrected chi connectivity index (χ4v) is 5.10. The molecule has 0 saturated carbocycles. The largest absolute Gasteiger partial charge is 0.497 e. The van der Waals surface area contributed by atoms with Crippen molar-refractivity contribution in [1.82, 2.24) is 14.9 Å². The molecule has 1 amide bonds. The maximum absolute atomic E-state index is 13.8. The summed E-state index contributed by atoms with van der Waals surface area (Å²) in [5.41, 5.74) is 4.66. The molecule has 1 aromatic carbocycles. The number of aromatic nitrogens is 2. The van der Waals surface area contributed by atoms with E-state index in [1.165, 1.54) is 5.57 Å². The van der Waals surface area contributed by atoms with Crippen LogP contribution < -0.4 is 14.6 Å². The molecule has 2 saturated heterocycles. The zero-order valence-corrected chi connectivity index (χ0v) is 20.4. The first-order valence-corrected chi connectivity index (χ1v) is 12.0. The van der Waals surface area contributed by atoms with Crippen LogP contribution in [-0.2, 0) is 0 Å². The molecular weight excluding hydrogens is 428 g/mol. The molecule has 5 rings (SSSR count). The van der Waals surface area contributed by atoms with Crippen molar-refractivity contribution in [3.8, 4) is 5.75 Å². The number of nitrogens with zero attached hydrogens (tertiary/aromatic N) is 6. The van der Waals surface area contributed by atoms with Gasteiger partial charge >= 0.3 is 0 Å². The van der Waals surface area contributed by atoms with Gasteiger partial charge in [0.1, 0.15) is 5.75 Å². The molecule has 2 fully saturated rings. The van der Waals surface area contributed by atoms with Crippen molar-refractivity contribution < 1.29 is 9.53 Å². The Balaban J connectivity index is 1.39. The van der Waals surface area contributed by atoms with Gasteiger partial charge in [-0.15, -0.1) is 0 Å². The van der Waals surface area contributed by atoms with Crippen molar-refractivity contribution in [2.45, 2.75) is 39.7 Å². The molecule has 0 radical (unpaired) electrons. The lowest BCUT2D eigenvalue weighted by Gasteiger charge is -2.53. The van der Waals surface area contributed by atoms with Gasteiger partial charge in [0.2, 0.25) is 5.95 Å². The Hall–Kier alpha value is -3.42. The highest BCUT2D eigenvalue weighted by molar-refractivity contribution is 6.01. The number of hydrogen-bond donors (Lipinski definition) is 0. The number of rotatable bonds is 4. The van der Waals surface area contributed by atoms with E-state index >= 15 is 0 Å². The Morgan fingerprint density at radius 3 is 2.62 bits per heavy atom. The molecule has 2 aromatic rings. The number of piperidine rings is 1. The van der Waals surface area contributed by atoms with Crippen LogP contribution >= 0.6 is 0 Å². The third-order valence-electron chi connectivity index (χ3n) is 7.06. The fourth-order valence-electron chi connectivity index (χ4n) is 5.10. The number of ether oxygens (including phenoxy) is 1. The van der Waals surface area contributed by atoms with E-state index in [9.17, 15) is 4.79 Å². The molecule has 2 unspecified atom stereocenters. The standard InChI is InChI=1S/C26H32N6O2/c1-17-7-10-27-32(12-8-17)23-6-5-21(34-4)14-22(23)25(33)31-15-20-9-11-30(16-24(20)31)26-28-18(2)13-19(3)29-26/h5-7,10,13-14,20,24H,8-9,11-12,15-16H2,1-4H3. The van der Waals surface area contributed by atoms with Crippen molar-refractivity contribution in [2.24, 2.45) is 11.0 Å². The molecular formula is C26H32N6O2. The van der Waals surface area contributed by atoms with Crippen molar-refractivity contribution in [1.29, 1.82) is 0 Å². The Bertz CT molecular complexity index is 1140. The zero-order valence-electron chi connectivity index (χ0n) is 20.4. The highest BCUT2D eigenvalue weighted by Gasteiger charge is 2.46. The SMILES string of the molecule is COc1ccc(N2CCC(C)=CC=N2)c(C(=O)N2CC3CCN(c4nc(C)cc(C)n4)CC32)c1. The third kappa shape index (κ3) is 4.24. The maximum Gasteiger partial charge on any atom is 0.256 e. The van der Waals surface area contributed by atoms with Crippen LogP contribution in [-0.4, -0.2) is 66.3 Å². The fraction of sp³-hybridized carbons (Fsp3) is 0.462. The highest BCUT2D eigenvalue weighted by Crippen LogP contribution is 2.37. The number of allylic oxidation sites excluding steroid dienone is 1. The normalized spacial score (nSPS) is 22.0. The minimum Gasteiger partial charge on any atom is -0.497 e. The van der Waals surface area contributed by atoms with Gasteiger partial charge in [-0.25, -0.2) is 9.97 Å². The molecule has 8 nitrogen and oxygen atoms in total. The van der Waals surface area contributed by atoms with Gasteiger partial charge in [0.25, 0.3) is 5.91 Å². The molecule has 34 heavy (non-hydrogen) atoms. The van der Waals surface area contributed by atoms with Crippen LogP contribution in [0.2, 0.25) is 0 Å². The van der Waals surface area contributed by atoms with Gasteiger partial charge in [-0.2, -0.15) is 5.10 Å². The molecule has 0 spiro atoms. The highest BCUT2D eigenvalue weighted by atomic mass is 16.5. The number of aryl methyl sites for hydroxylation is 2. The second-order valence-corrected chi connectivity index (χ2v) is 9.50. The van der Waals surface area contributed by atoms with Gasteiger partial charge in [0, 0.05) is 49.7 Å². The Kier molecular flexibility index (Phi) is 5.98. The van der Waals surface area contributed by atoms with Gasteiger partial charge in [-0.05, 0) is 64.0 Å². The molecule has 0 aliphatic carbocycles. The van der Waals surface area contributed by atoms with E-state index in [1.54, 1.807) is 7.11 Å². The van der Waals surface area contributed by atoms with Crippen LogP contribution in [0.25, 0.3) is 0 Å². The number of hydrazone groups is 1. The molecule has 178 valence electrons. The predicted molar refractivity (Wildman–Crippen MR) is 134 cm³/mol. The van der Waals surface area contributed by atoms with Crippen LogP contribution in [0.4, 0.5) is 11.6 Å². The van der Waals surface area contributed by atoms with E-state index in [1.807, 2.05) is 60.3 Å². The van der Waals surface area contributed by atoms with Crippen molar-refractivity contribution in [3.05, 3.63) is 52.9 Å². The van der Waals surface area contributed by atoms with E-state index in [0.717, 1.165) is 62.0 Å². The van der Waals surface area contributed by atoms with Gasteiger partial charge in [0.15, 0.2) is 0 Å². The van der Waals surface area contributed by atoms with Crippen molar-refractivity contribution >= 4 is 23.8 Å². The first kappa shape index (κ1) is 22.4. The summed E-state index contributed by atoms with van der Waals surface area (Å²) in [4.78, 5) is 27.4. The van der Waals surface area contributed by atoms with Crippen molar-refractivity contribution in [2.75, 3.05) is 43.2 Å². The van der Waals surface area contributed by atoms with Crippen LogP contribution in [0.5, 0.6) is 5.75 Å². The monoisotopic (exact) mass is 460 g/mol. The number of likely N-dealkylation sites (tertiary alicyclic amines) is 1. The van der Waals surface area contributed by atoms with Gasteiger partial charge in [-0.1, -0.05) is 5.57 Å². The summed E-state index contributed by atoms with van der Waals surface area (Å²) in [7, 11) is 1.63. The molecule has 8 heteroatoms. The van der Waals surface area contributed by atoms with Crippen LogP contribution in [0, 0.1) is 19.8 Å². The van der Waals surface area contributed by atoms with Crippen LogP contribution in [0.3, 0.4) is 0 Å². The summed E-state index contributed by atoms with van der Waals surface area (Å²) in [5.74, 6) is 1.98. The minimum absolute atomic E-state index is 0.0301. The lowest BCUT2D eigenvalue weighted by atomic mass is 9.81. The average Bonchev–Trinajstić information content (AvgIpc) is 3.03. The Labute approximate surface area is 200 Å². The Morgan fingerprint density at radius 1 is 1.06 bits per heavy atom. The second kappa shape index (κ2) is 9.08. The predicted octanol–water partition coefficient (Wildman–Crippen LogP) is 3.60. The summed E-state index contributed by atoms with van der Waals surface area (Å²) in [5, 5.41) is 6.51. The molecule has 0 bridgehead atoms. The number of benzene rings is 1. The van der Waals surface area contributed by atoms with Crippen molar-refractivity contribution in [3.63, 3.8) is 0 Å². The van der Waals surface area contributed by atoms with E-state index in [-0.39, 0.29) is 11.9 Å². The van der Waals surface area contributed by atoms with E-state index in [2.05, 4.69) is 26.9 Å². The van der Waals surface area contributed by atoms with E-state index in [0.29, 0.717) is 17.2 Å². The first-order chi connectivity index (χ1) is 16.4. The van der Waals surface area contributed by atoms with E-state index < -0.39 is 0 Å². The summed E-state index contributed by atoms with van der Waals surface area (Å²) >= 11 is 0. The topological polar surface area (TPSA) is 74.2 Å². The van der Waals surface area contributed by atoms with Gasteiger partial charge in [-0.3, -0.25) is 9.80 Å². The molecule has 1 aromatic heterocycles. The summed E-state index contributed by atoms with van der Waals surface area (Å²) < 4.78 is 5.46.